The molecule has 12 heavy (non-hydrogen) atoms. The summed E-state index contributed by atoms with van der Waals surface area (Å²) in [6.07, 6.45) is 0. The van der Waals surface area contributed by atoms with Crippen molar-refractivity contribution >= 4 is 16.1 Å². The van der Waals surface area contributed by atoms with Crippen LogP contribution in [-0.2, 0) is 10.1 Å². The fourth-order valence-corrected chi connectivity index (χ4v) is 0. The second-order valence-corrected chi connectivity index (χ2v) is 3.36. The normalized spacial score (nSPS) is 9.67. The lowest BCUT2D eigenvalue weighted by molar-refractivity contribution is 0.210. The Labute approximate surface area is 70.0 Å². The summed E-state index contributed by atoms with van der Waals surface area (Å²) in [7, 11) is -3.66. The SMILES string of the molecule is CCS(=O)(=O)O.NC(=O)N(N)N. The molecule has 0 aliphatic carbocycles. The Morgan fingerprint density at radius 2 is 1.67 bits per heavy atom. The van der Waals surface area contributed by atoms with Gasteiger partial charge in [-0.3, -0.25) is 4.55 Å². The number of amides is 2. The van der Waals surface area contributed by atoms with E-state index in [2.05, 4.69) is 17.4 Å². The molecule has 0 rings (SSSR count). The van der Waals surface area contributed by atoms with E-state index >= 15 is 0 Å². The second kappa shape index (κ2) is 5.71. The third-order valence-corrected chi connectivity index (χ3v) is 1.35. The van der Waals surface area contributed by atoms with E-state index in [1.54, 1.807) is 0 Å². The molecule has 0 aromatic carbocycles. The molecule has 0 bridgehead atoms. The summed E-state index contributed by atoms with van der Waals surface area (Å²) < 4.78 is 26.9. The van der Waals surface area contributed by atoms with Gasteiger partial charge in [-0.15, -0.1) is 0 Å². The molecule has 0 aromatic rings. The number of primary amides is 1. The first kappa shape index (κ1) is 13.7. The summed E-state index contributed by atoms with van der Waals surface area (Å²) in [5.41, 5.74) is 4.47. The van der Waals surface area contributed by atoms with Crippen molar-refractivity contribution in [3.8, 4) is 0 Å². The van der Waals surface area contributed by atoms with Gasteiger partial charge in [0.2, 0.25) is 0 Å². The minimum absolute atomic E-state index is 0.201. The molecule has 7 N–H and O–H groups in total. The van der Waals surface area contributed by atoms with Crippen molar-refractivity contribution in [3.63, 3.8) is 0 Å². The maximum absolute atomic E-state index is 9.60. The molecule has 8 nitrogen and oxygen atoms in total. The Morgan fingerprint density at radius 3 is 1.67 bits per heavy atom. The van der Waals surface area contributed by atoms with E-state index in [9.17, 15) is 13.2 Å². The molecule has 0 fully saturated rings. The van der Waals surface area contributed by atoms with Gasteiger partial charge in [0.15, 0.2) is 0 Å². The zero-order valence-electron chi connectivity index (χ0n) is 6.47. The van der Waals surface area contributed by atoms with Gasteiger partial charge in [-0.2, -0.15) is 13.5 Å². The van der Waals surface area contributed by atoms with Gasteiger partial charge >= 0.3 is 6.03 Å². The number of carbonyl (C=O) groups excluding carboxylic acids is 1. The Hall–Kier alpha value is -0.900. The van der Waals surface area contributed by atoms with Gasteiger partial charge in [0, 0.05) is 0 Å². The predicted molar refractivity (Wildman–Crippen MR) is 41.9 cm³/mol. The number of urea groups is 1. The summed E-state index contributed by atoms with van der Waals surface area (Å²) >= 11 is 0. The van der Waals surface area contributed by atoms with E-state index < -0.39 is 16.1 Å². The molecule has 0 aliphatic heterocycles. The van der Waals surface area contributed by atoms with Crippen molar-refractivity contribution in [1.29, 1.82) is 0 Å². The maximum Gasteiger partial charge on any atom is 0.343 e. The lowest BCUT2D eigenvalue weighted by Crippen LogP contribution is -2.46. The van der Waals surface area contributed by atoms with Gasteiger partial charge in [0.1, 0.15) is 0 Å². The van der Waals surface area contributed by atoms with E-state index in [1.165, 1.54) is 6.92 Å². The van der Waals surface area contributed by atoms with Crippen molar-refractivity contribution in [3.05, 3.63) is 0 Å². The Morgan fingerprint density at radius 1 is 1.50 bits per heavy atom. The van der Waals surface area contributed by atoms with E-state index in [1.807, 2.05) is 0 Å². The highest BCUT2D eigenvalue weighted by Gasteiger charge is 1.93. The molecule has 0 aliphatic rings. The van der Waals surface area contributed by atoms with E-state index in [0.29, 0.717) is 5.12 Å². The molecule has 74 valence electrons. The third kappa shape index (κ3) is 16.0. The van der Waals surface area contributed by atoms with Crippen LogP contribution in [0.2, 0.25) is 0 Å². The smallest absolute Gasteiger partial charge is 0.343 e. The van der Waals surface area contributed by atoms with Crippen LogP contribution >= 0.6 is 0 Å². The zero-order chi connectivity index (χ0) is 10.4. The lowest BCUT2D eigenvalue weighted by atomic mass is 11.0. The van der Waals surface area contributed by atoms with Gasteiger partial charge < -0.3 is 5.73 Å². The van der Waals surface area contributed by atoms with Crippen LogP contribution in [-0.4, -0.2) is 29.9 Å². The molecule has 0 aromatic heterocycles. The van der Waals surface area contributed by atoms with Crippen LogP contribution in [0.5, 0.6) is 0 Å². The number of carbonyl (C=O) groups is 1. The molecular weight excluding hydrogens is 188 g/mol. The summed E-state index contributed by atoms with van der Waals surface area (Å²) in [5, 5.41) is 0.306. The molecule has 0 saturated heterocycles. The summed E-state index contributed by atoms with van der Waals surface area (Å²) in [6.45, 7) is 1.37. The molecular formula is C3H12N4O4S. The first-order chi connectivity index (χ1) is 5.20. The van der Waals surface area contributed by atoms with Gasteiger partial charge in [-0.1, -0.05) is 0 Å². The summed E-state index contributed by atoms with van der Waals surface area (Å²) in [5.74, 6) is 8.94. The third-order valence-electron chi connectivity index (χ3n) is 0.619. The number of hydrogen-bond donors (Lipinski definition) is 4. The number of hydrogen-bond acceptors (Lipinski definition) is 5. The first-order valence-electron chi connectivity index (χ1n) is 2.74. The van der Waals surface area contributed by atoms with Gasteiger partial charge in [0.05, 0.1) is 5.75 Å². The van der Waals surface area contributed by atoms with E-state index in [4.69, 9.17) is 4.55 Å². The monoisotopic (exact) mass is 200 g/mol. The van der Waals surface area contributed by atoms with Crippen LogP contribution in [0.25, 0.3) is 0 Å². The number of nitrogens with two attached hydrogens (primary N) is 3. The maximum atomic E-state index is 9.60. The van der Waals surface area contributed by atoms with Crippen LogP contribution in [0.1, 0.15) is 6.92 Å². The number of hydrazine groups is 2. The minimum Gasteiger partial charge on any atom is -0.349 e. The van der Waals surface area contributed by atoms with E-state index in [0.717, 1.165) is 0 Å². The molecule has 0 radical (unpaired) electrons. The topological polar surface area (TPSA) is 153 Å². The highest BCUT2D eigenvalue weighted by molar-refractivity contribution is 7.85. The van der Waals surface area contributed by atoms with Crippen molar-refractivity contribution in [1.82, 2.24) is 5.12 Å². The van der Waals surface area contributed by atoms with Crippen molar-refractivity contribution < 1.29 is 17.8 Å². The largest absolute Gasteiger partial charge is 0.349 e. The van der Waals surface area contributed by atoms with Gasteiger partial charge in [-0.25, -0.2) is 16.5 Å². The van der Waals surface area contributed by atoms with Crippen molar-refractivity contribution in [2.24, 2.45) is 17.4 Å². The van der Waals surface area contributed by atoms with E-state index in [-0.39, 0.29) is 5.75 Å². The fraction of sp³-hybridized carbons (Fsp3) is 0.667. The zero-order valence-corrected chi connectivity index (χ0v) is 7.28. The fourth-order valence-electron chi connectivity index (χ4n) is 0. The molecule has 9 heteroatoms. The lowest BCUT2D eigenvalue weighted by Gasteiger charge is -2.00. The van der Waals surface area contributed by atoms with Crippen LogP contribution in [0.15, 0.2) is 0 Å². The molecule has 0 saturated carbocycles. The highest BCUT2D eigenvalue weighted by atomic mass is 32.2. The Bertz CT molecular complexity index is 222. The number of rotatable bonds is 1. The van der Waals surface area contributed by atoms with Crippen LogP contribution in [0.3, 0.4) is 0 Å². The van der Waals surface area contributed by atoms with Crippen LogP contribution in [0, 0.1) is 0 Å². The van der Waals surface area contributed by atoms with Crippen molar-refractivity contribution in [2.45, 2.75) is 6.92 Å². The first-order valence-corrected chi connectivity index (χ1v) is 4.35. The van der Waals surface area contributed by atoms with Gasteiger partial charge in [0.25, 0.3) is 10.1 Å². The molecule has 0 spiro atoms. The Kier molecular flexibility index (Phi) is 6.51. The highest BCUT2D eigenvalue weighted by Crippen LogP contribution is 1.74. The molecule has 0 atom stereocenters. The van der Waals surface area contributed by atoms with Gasteiger partial charge in [-0.05, 0) is 6.92 Å². The average molecular weight is 200 g/mol. The van der Waals surface area contributed by atoms with Crippen molar-refractivity contribution in [2.75, 3.05) is 5.75 Å². The quantitative estimate of drug-likeness (QED) is 0.166. The molecule has 0 unspecified atom stereocenters. The molecule has 0 heterocycles. The average Bonchev–Trinajstić information content (AvgIpc) is 1.87. The van der Waals surface area contributed by atoms with Crippen LogP contribution in [0.4, 0.5) is 4.79 Å². The molecule has 2 amide bonds. The second-order valence-electron chi connectivity index (χ2n) is 1.62. The van der Waals surface area contributed by atoms with Crippen LogP contribution < -0.4 is 17.4 Å². The summed E-state index contributed by atoms with van der Waals surface area (Å²) in [6, 6.07) is -0.852. The Balaban J connectivity index is 0. The standard InChI is InChI=1S/C2H6O3S.CH6N4O/c1-2-6(3,4)5;2-1(6)5(3)4/h2H2,1H3,(H,3,4,5);3-4H2,(H2,2,6). The summed E-state index contributed by atoms with van der Waals surface area (Å²) in [4.78, 5) is 9.60. The minimum atomic E-state index is -3.66. The predicted octanol–water partition coefficient (Wildman–Crippen LogP) is -1.99. The number of nitrogens with zero attached hydrogens (tertiary/aromatic N) is 1.